The first kappa shape index (κ1) is 20.3. The van der Waals surface area contributed by atoms with Crippen molar-refractivity contribution < 1.29 is 19.1 Å². The molecule has 7 nitrogen and oxygen atoms in total. The topological polar surface area (TPSA) is 87.7 Å². The summed E-state index contributed by atoms with van der Waals surface area (Å²) < 4.78 is 5.29. The van der Waals surface area contributed by atoms with Crippen molar-refractivity contribution >= 4 is 17.9 Å². The number of hydrogen-bond donors (Lipinski definition) is 2. The van der Waals surface area contributed by atoms with Gasteiger partial charge in [-0.05, 0) is 47.5 Å². The number of amides is 3. The Labute approximate surface area is 144 Å². The van der Waals surface area contributed by atoms with Gasteiger partial charge in [0.15, 0.2) is 0 Å². The van der Waals surface area contributed by atoms with Crippen LogP contribution in [0.25, 0.3) is 0 Å². The number of rotatable bonds is 5. The van der Waals surface area contributed by atoms with Gasteiger partial charge in [-0.1, -0.05) is 12.8 Å². The van der Waals surface area contributed by atoms with Crippen LogP contribution in [0.1, 0.15) is 60.3 Å². The van der Waals surface area contributed by atoms with Crippen molar-refractivity contribution in [3.63, 3.8) is 0 Å². The molecule has 0 aromatic rings. The monoisotopic (exact) mass is 341 g/mol. The highest BCUT2D eigenvalue weighted by Crippen LogP contribution is 2.31. The summed E-state index contributed by atoms with van der Waals surface area (Å²) in [6.45, 7) is 9.02. The minimum Gasteiger partial charge on any atom is -0.444 e. The molecule has 2 N–H and O–H groups in total. The van der Waals surface area contributed by atoms with Crippen molar-refractivity contribution in [3.8, 4) is 0 Å². The van der Waals surface area contributed by atoms with E-state index < -0.39 is 17.2 Å². The minimum absolute atomic E-state index is 0.0151. The van der Waals surface area contributed by atoms with Crippen LogP contribution in [0.3, 0.4) is 0 Å². The van der Waals surface area contributed by atoms with Crippen molar-refractivity contribution in [2.24, 2.45) is 0 Å². The molecule has 3 amide bonds. The highest BCUT2D eigenvalue weighted by molar-refractivity contribution is 5.93. The summed E-state index contributed by atoms with van der Waals surface area (Å²) in [6, 6.07) is 0.0151. The van der Waals surface area contributed by atoms with Crippen LogP contribution in [0.15, 0.2) is 0 Å². The molecule has 24 heavy (non-hydrogen) atoms. The Morgan fingerprint density at radius 2 is 1.71 bits per heavy atom. The lowest BCUT2D eigenvalue weighted by Gasteiger charge is -2.33. The molecule has 0 bridgehead atoms. The van der Waals surface area contributed by atoms with Crippen LogP contribution in [-0.2, 0) is 14.3 Å². The fraction of sp³-hybridized carbons (Fsp3) is 0.824. The average molecular weight is 341 g/mol. The van der Waals surface area contributed by atoms with E-state index in [1.54, 1.807) is 27.8 Å². The van der Waals surface area contributed by atoms with Crippen LogP contribution in [0.5, 0.6) is 0 Å². The summed E-state index contributed by atoms with van der Waals surface area (Å²) in [7, 11) is 1.58. The van der Waals surface area contributed by atoms with Crippen LogP contribution >= 0.6 is 0 Å². The quantitative estimate of drug-likeness (QED) is 0.798. The molecule has 1 rings (SSSR count). The molecule has 0 aromatic carbocycles. The second kappa shape index (κ2) is 7.85. The fourth-order valence-electron chi connectivity index (χ4n) is 2.89. The van der Waals surface area contributed by atoms with Crippen molar-refractivity contribution in [2.75, 3.05) is 13.6 Å². The molecule has 1 fully saturated rings. The number of carbonyl (C=O) groups excluding carboxylic acids is 3. The van der Waals surface area contributed by atoms with Crippen molar-refractivity contribution in [3.05, 3.63) is 0 Å². The van der Waals surface area contributed by atoms with Gasteiger partial charge in [-0.2, -0.15) is 0 Å². The summed E-state index contributed by atoms with van der Waals surface area (Å²) in [5.41, 5.74) is -1.61. The van der Waals surface area contributed by atoms with E-state index in [1.807, 2.05) is 13.8 Å². The van der Waals surface area contributed by atoms with Gasteiger partial charge in [-0.15, -0.1) is 0 Å². The van der Waals surface area contributed by atoms with Gasteiger partial charge in [0.2, 0.25) is 11.8 Å². The Hall–Kier alpha value is -1.79. The van der Waals surface area contributed by atoms with Crippen LogP contribution in [-0.4, -0.2) is 53.6 Å². The molecule has 0 spiro atoms. The molecular weight excluding hydrogens is 310 g/mol. The Morgan fingerprint density at radius 3 is 2.17 bits per heavy atom. The molecule has 7 heteroatoms. The van der Waals surface area contributed by atoms with Crippen molar-refractivity contribution in [1.82, 2.24) is 15.5 Å². The second-order valence-corrected chi connectivity index (χ2v) is 7.80. The smallest absolute Gasteiger partial charge is 0.408 e. The highest BCUT2D eigenvalue weighted by atomic mass is 16.6. The van der Waals surface area contributed by atoms with Gasteiger partial charge in [0.1, 0.15) is 11.1 Å². The van der Waals surface area contributed by atoms with E-state index in [1.165, 1.54) is 4.90 Å². The van der Waals surface area contributed by atoms with Crippen LogP contribution < -0.4 is 10.6 Å². The van der Waals surface area contributed by atoms with E-state index in [2.05, 4.69) is 10.6 Å². The molecule has 1 aliphatic carbocycles. The van der Waals surface area contributed by atoms with Gasteiger partial charge in [-0.3, -0.25) is 9.59 Å². The van der Waals surface area contributed by atoms with E-state index >= 15 is 0 Å². The molecular formula is C17H31N3O4. The number of carbonyl (C=O) groups is 3. The molecule has 0 heterocycles. The van der Waals surface area contributed by atoms with Crippen LogP contribution in [0, 0.1) is 0 Å². The Balaban J connectivity index is 2.77. The Kier molecular flexibility index (Phi) is 6.63. The number of alkyl carbamates (subject to hydrolysis) is 1. The zero-order valence-corrected chi connectivity index (χ0v) is 15.7. The van der Waals surface area contributed by atoms with Crippen molar-refractivity contribution in [2.45, 2.75) is 77.5 Å². The van der Waals surface area contributed by atoms with Gasteiger partial charge in [0.05, 0.1) is 6.54 Å². The maximum Gasteiger partial charge on any atom is 0.408 e. The SMILES string of the molecule is CC(C)NC(=O)CN(C)C(=O)C1(NC(=O)OC(C)(C)C)CCCC1. The van der Waals surface area contributed by atoms with Gasteiger partial charge >= 0.3 is 6.09 Å². The summed E-state index contributed by atoms with van der Waals surface area (Å²) in [5, 5.41) is 5.52. The van der Waals surface area contributed by atoms with Gasteiger partial charge in [-0.25, -0.2) is 4.79 Å². The lowest BCUT2D eigenvalue weighted by molar-refractivity contribution is -0.140. The number of nitrogens with zero attached hydrogens (tertiary/aromatic N) is 1. The average Bonchev–Trinajstić information content (AvgIpc) is 2.83. The lowest BCUT2D eigenvalue weighted by atomic mass is 9.95. The number of hydrogen-bond acceptors (Lipinski definition) is 4. The van der Waals surface area contributed by atoms with Crippen molar-refractivity contribution in [1.29, 1.82) is 0 Å². The molecule has 1 saturated carbocycles. The molecule has 0 saturated heterocycles. The van der Waals surface area contributed by atoms with Crippen LogP contribution in [0.4, 0.5) is 4.79 Å². The van der Waals surface area contributed by atoms with E-state index in [0.29, 0.717) is 12.8 Å². The third kappa shape index (κ3) is 6.02. The van der Waals surface area contributed by atoms with E-state index in [9.17, 15) is 14.4 Å². The van der Waals surface area contributed by atoms with E-state index in [0.717, 1.165) is 12.8 Å². The van der Waals surface area contributed by atoms with Gasteiger partial charge in [0.25, 0.3) is 0 Å². The predicted molar refractivity (Wildman–Crippen MR) is 91.5 cm³/mol. The van der Waals surface area contributed by atoms with Gasteiger partial charge in [0, 0.05) is 13.1 Å². The zero-order chi connectivity index (χ0) is 18.5. The Morgan fingerprint density at radius 1 is 1.17 bits per heavy atom. The van der Waals surface area contributed by atoms with Gasteiger partial charge < -0.3 is 20.3 Å². The van der Waals surface area contributed by atoms with E-state index in [4.69, 9.17) is 4.74 Å². The Bertz CT molecular complexity index is 477. The maximum absolute atomic E-state index is 12.9. The normalized spacial score (nSPS) is 16.6. The first-order valence-corrected chi connectivity index (χ1v) is 8.51. The molecule has 1 aliphatic rings. The zero-order valence-electron chi connectivity index (χ0n) is 15.7. The fourth-order valence-corrected chi connectivity index (χ4v) is 2.89. The number of nitrogens with one attached hydrogen (secondary N) is 2. The molecule has 0 atom stereocenters. The first-order valence-electron chi connectivity index (χ1n) is 8.51. The molecule has 0 aliphatic heterocycles. The maximum atomic E-state index is 12.9. The van der Waals surface area contributed by atoms with Crippen LogP contribution in [0.2, 0.25) is 0 Å². The van der Waals surface area contributed by atoms with E-state index in [-0.39, 0.29) is 24.4 Å². The third-order valence-electron chi connectivity index (χ3n) is 3.78. The molecule has 138 valence electrons. The summed E-state index contributed by atoms with van der Waals surface area (Å²) >= 11 is 0. The summed E-state index contributed by atoms with van der Waals surface area (Å²) in [4.78, 5) is 38.3. The highest BCUT2D eigenvalue weighted by Gasteiger charge is 2.45. The second-order valence-electron chi connectivity index (χ2n) is 7.80. The largest absolute Gasteiger partial charge is 0.444 e. The summed E-state index contributed by atoms with van der Waals surface area (Å²) in [5.74, 6) is -0.462. The number of ether oxygens (including phenoxy) is 1. The molecule has 0 radical (unpaired) electrons. The summed E-state index contributed by atoms with van der Waals surface area (Å²) in [6.07, 6.45) is 2.22. The lowest BCUT2D eigenvalue weighted by Crippen LogP contribution is -2.59. The molecule has 0 unspecified atom stereocenters. The third-order valence-corrected chi connectivity index (χ3v) is 3.78. The minimum atomic E-state index is -0.977. The first-order chi connectivity index (χ1) is 10.9. The predicted octanol–water partition coefficient (Wildman–Crippen LogP) is 1.81. The molecule has 0 aromatic heterocycles. The number of likely N-dealkylation sites (N-methyl/N-ethyl adjacent to an activating group) is 1. The standard InChI is InChI=1S/C17H31N3O4/c1-12(2)18-13(21)11-20(6)14(22)17(9-7-8-10-17)19-15(23)24-16(3,4)5/h12H,7-11H2,1-6H3,(H,18,21)(H,19,23).